The fourth-order valence-electron chi connectivity index (χ4n) is 1.12. The third-order valence-corrected chi connectivity index (χ3v) is 1.82. The highest BCUT2D eigenvalue weighted by atomic mass is 16.5. The number of aliphatic hydroxyl groups is 1. The molecule has 5 heteroatoms. The number of hydrogen-bond acceptors (Lipinski definition) is 5. The van der Waals surface area contributed by atoms with E-state index >= 15 is 0 Å². The fraction of sp³-hybridized carbons (Fsp3) is 0.222. The van der Waals surface area contributed by atoms with E-state index in [-0.39, 0.29) is 12.4 Å². The molecule has 0 atom stereocenters. The van der Waals surface area contributed by atoms with E-state index in [0.717, 1.165) is 5.56 Å². The van der Waals surface area contributed by atoms with Crippen LogP contribution in [0.5, 0.6) is 0 Å². The predicted octanol–water partition coefficient (Wildman–Crippen LogP) is 0.932. The van der Waals surface area contributed by atoms with Crippen LogP contribution in [0.2, 0.25) is 0 Å². The Morgan fingerprint density at radius 3 is 3.00 bits per heavy atom. The van der Waals surface area contributed by atoms with Gasteiger partial charge in [-0.25, -0.2) is 0 Å². The first-order chi connectivity index (χ1) is 6.81. The summed E-state index contributed by atoms with van der Waals surface area (Å²) in [5, 5.41) is 12.3. The molecule has 5 nitrogen and oxygen atoms in total. The first kappa shape index (κ1) is 8.83. The number of nitrogens with zero attached hydrogens (tertiary/aromatic N) is 3. The first-order valence-electron chi connectivity index (χ1n) is 4.16. The van der Waals surface area contributed by atoms with Crippen LogP contribution in [0.4, 0.5) is 0 Å². The van der Waals surface area contributed by atoms with Gasteiger partial charge in [0.05, 0.1) is 0 Å². The van der Waals surface area contributed by atoms with Gasteiger partial charge in [0.2, 0.25) is 0 Å². The molecule has 0 aliphatic carbocycles. The predicted molar refractivity (Wildman–Crippen MR) is 48.2 cm³/mol. The normalized spacial score (nSPS) is 10.4. The molecule has 1 N–H and O–H groups in total. The van der Waals surface area contributed by atoms with Crippen molar-refractivity contribution >= 4 is 0 Å². The Labute approximate surface area is 80.4 Å². The molecule has 2 aromatic rings. The maximum atomic E-state index is 8.76. The van der Waals surface area contributed by atoms with Crippen molar-refractivity contribution in [3.05, 3.63) is 29.7 Å². The second-order valence-electron chi connectivity index (χ2n) is 2.84. The summed E-state index contributed by atoms with van der Waals surface area (Å²) in [6.45, 7) is 1.68. The Morgan fingerprint density at radius 1 is 1.50 bits per heavy atom. The summed E-state index contributed by atoms with van der Waals surface area (Å²) in [4.78, 5) is 8.09. The van der Waals surface area contributed by atoms with Crippen molar-refractivity contribution in [3.8, 4) is 11.6 Å². The van der Waals surface area contributed by atoms with Crippen molar-refractivity contribution in [2.45, 2.75) is 13.5 Å². The molecule has 0 aromatic carbocycles. The van der Waals surface area contributed by atoms with Gasteiger partial charge in [-0.3, -0.25) is 4.98 Å². The Bertz CT molecular complexity index is 439. The lowest BCUT2D eigenvalue weighted by molar-refractivity contribution is 0.264. The Hall–Kier alpha value is -1.75. The highest BCUT2D eigenvalue weighted by Crippen LogP contribution is 2.17. The van der Waals surface area contributed by atoms with Crippen LogP contribution in [-0.2, 0) is 6.61 Å². The van der Waals surface area contributed by atoms with Crippen LogP contribution in [0, 0.1) is 6.92 Å². The average Bonchev–Trinajstić information content (AvgIpc) is 2.67. The van der Waals surface area contributed by atoms with E-state index in [1.165, 1.54) is 0 Å². The zero-order chi connectivity index (χ0) is 9.97. The molecule has 0 unspecified atom stereocenters. The Balaban J connectivity index is 2.44. The maximum Gasteiger partial charge on any atom is 0.276 e. The molecule has 14 heavy (non-hydrogen) atoms. The molecular formula is C9H9N3O2. The minimum absolute atomic E-state index is 0.227. The van der Waals surface area contributed by atoms with Crippen LogP contribution in [-0.4, -0.2) is 20.2 Å². The topological polar surface area (TPSA) is 72.0 Å². The Morgan fingerprint density at radius 2 is 2.36 bits per heavy atom. The average molecular weight is 191 g/mol. The molecule has 0 saturated carbocycles. The molecule has 2 aromatic heterocycles. The van der Waals surface area contributed by atoms with Crippen LogP contribution >= 0.6 is 0 Å². The summed E-state index contributed by atoms with van der Waals surface area (Å²) in [7, 11) is 0. The van der Waals surface area contributed by atoms with E-state index < -0.39 is 0 Å². The van der Waals surface area contributed by atoms with Crippen molar-refractivity contribution in [2.75, 3.05) is 0 Å². The molecule has 2 heterocycles. The molecule has 0 radical (unpaired) electrons. The zero-order valence-electron chi connectivity index (χ0n) is 7.64. The minimum Gasteiger partial charge on any atom is -0.388 e. The van der Waals surface area contributed by atoms with E-state index in [0.29, 0.717) is 11.6 Å². The number of aromatic nitrogens is 3. The van der Waals surface area contributed by atoms with Gasteiger partial charge in [0.15, 0.2) is 5.82 Å². The lowest BCUT2D eigenvalue weighted by atomic mass is 10.2. The standard InChI is InChI=1S/C9H9N3O2/c1-6-3-2-4-10-8(6)9-11-7(5-13)12-14-9/h2-4,13H,5H2,1H3. The first-order valence-corrected chi connectivity index (χ1v) is 4.16. The zero-order valence-corrected chi connectivity index (χ0v) is 7.64. The van der Waals surface area contributed by atoms with E-state index in [4.69, 9.17) is 9.63 Å². The quantitative estimate of drug-likeness (QED) is 0.764. The third-order valence-electron chi connectivity index (χ3n) is 1.82. The summed E-state index contributed by atoms with van der Waals surface area (Å²) >= 11 is 0. The lowest BCUT2D eigenvalue weighted by Gasteiger charge is -1.96. The molecule has 0 spiro atoms. The van der Waals surface area contributed by atoms with Gasteiger partial charge in [-0.1, -0.05) is 11.2 Å². The minimum atomic E-state index is -0.227. The molecule has 2 rings (SSSR count). The number of hydrogen-bond donors (Lipinski definition) is 1. The second-order valence-corrected chi connectivity index (χ2v) is 2.84. The SMILES string of the molecule is Cc1cccnc1-c1nc(CO)no1. The monoisotopic (exact) mass is 191 g/mol. The van der Waals surface area contributed by atoms with Crippen LogP contribution in [0.25, 0.3) is 11.6 Å². The molecule has 0 aliphatic rings. The highest BCUT2D eigenvalue weighted by Gasteiger charge is 2.10. The van der Waals surface area contributed by atoms with Crippen molar-refractivity contribution < 1.29 is 9.63 Å². The fourth-order valence-corrected chi connectivity index (χ4v) is 1.12. The molecule has 72 valence electrons. The van der Waals surface area contributed by atoms with Crippen LogP contribution < -0.4 is 0 Å². The van der Waals surface area contributed by atoms with Crippen molar-refractivity contribution in [3.63, 3.8) is 0 Å². The van der Waals surface area contributed by atoms with Crippen molar-refractivity contribution in [1.29, 1.82) is 0 Å². The van der Waals surface area contributed by atoms with Crippen molar-refractivity contribution in [2.24, 2.45) is 0 Å². The van der Waals surface area contributed by atoms with E-state index in [1.54, 1.807) is 6.20 Å². The molecule has 0 amide bonds. The Kier molecular flexibility index (Phi) is 2.24. The van der Waals surface area contributed by atoms with Crippen molar-refractivity contribution in [1.82, 2.24) is 15.1 Å². The van der Waals surface area contributed by atoms with Gasteiger partial charge >= 0.3 is 0 Å². The van der Waals surface area contributed by atoms with E-state index in [2.05, 4.69) is 15.1 Å². The summed E-state index contributed by atoms with van der Waals surface area (Å²) in [6.07, 6.45) is 1.66. The number of pyridine rings is 1. The van der Waals surface area contributed by atoms with Gasteiger partial charge in [0.25, 0.3) is 5.89 Å². The second kappa shape index (κ2) is 3.55. The molecule has 0 saturated heterocycles. The smallest absolute Gasteiger partial charge is 0.276 e. The van der Waals surface area contributed by atoms with Gasteiger partial charge in [0, 0.05) is 6.20 Å². The largest absolute Gasteiger partial charge is 0.388 e. The number of rotatable bonds is 2. The van der Waals surface area contributed by atoms with Gasteiger partial charge < -0.3 is 9.63 Å². The molecule has 0 aliphatic heterocycles. The molecule has 0 bridgehead atoms. The van der Waals surface area contributed by atoms with E-state index in [9.17, 15) is 0 Å². The summed E-state index contributed by atoms with van der Waals surface area (Å²) < 4.78 is 4.94. The van der Waals surface area contributed by atoms with Crippen LogP contribution in [0.3, 0.4) is 0 Å². The van der Waals surface area contributed by atoms with Gasteiger partial charge in [-0.05, 0) is 18.6 Å². The molecular weight excluding hydrogens is 182 g/mol. The van der Waals surface area contributed by atoms with Crippen LogP contribution in [0.15, 0.2) is 22.9 Å². The van der Waals surface area contributed by atoms with Gasteiger partial charge in [0.1, 0.15) is 12.3 Å². The third kappa shape index (κ3) is 1.49. The molecule has 0 fully saturated rings. The summed E-state index contributed by atoms with van der Waals surface area (Å²) in [5.74, 6) is 0.609. The van der Waals surface area contributed by atoms with Gasteiger partial charge in [-0.2, -0.15) is 4.98 Å². The maximum absolute atomic E-state index is 8.76. The number of aryl methyl sites for hydroxylation is 1. The highest BCUT2D eigenvalue weighted by molar-refractivity contribution is 5.51. The van der Waals surface area contributed by atoms with E-state index in [1.807, 2.05) is 19.1 Å². The number of aliphatic hydroxyl groups excluding tert-OH is 1. The van der Waals surface area contributed by atoms with Gasteiger partial charge in [-0.15, -0.1) is 0 Å². The summed E-state index contributed by atoms with van der Waals surface area (Å²) in [6, 6.07) is 3.74. The summed E-state index contributed by atoms with van der Waals surface area (Å²) in [5.41, 5.74) is 1.61. The lowest BCUT2D eigenvalue weighted by Crippen LogP contribution is -1.88. The van der Waals surface area contributed by atoms with Crippen LogP contribution in [0.1, 0.15) is 11.4 Å².